The fraction of sp³-hybridized carbons (Fsp3) is 0.0769. The van der Waals surface area contributed by atoms with E-state index in [-0.39, 0.29) is 11.3 Å². The van der Waals surface area contributed by atoms with E-state index < -0.39 is 5.91 Å². The van der Waals surface area contributed by atoms with Gasteiger partial charge in [0, 0.05) is 6.20 Å². The summed E-state index contributed by atoms with van der Waals surface area (Å²) in [6.07, 6.45) is 2.79. The second-order valence-corrected chi connectivity index (χ2v) is 3.75. The summed E-state index contributed by atoms with van der Waals surface area (Å²) in [5.41, 5.74) is 6.03. The number of nitrogens with two attached hydrogens (primary N) is 1. The predicted octanol–water partition coefficient (Wildman–Crippen LogP) is 2.10. The molecule has 0 aromatic carbocycles. The lowest BCUT2D eigenvalue weighted by molar-refractivity contribution is 0.0997. The topological polar surface area (TPSA) is 89.3 Å². The summed E-state index contributed by atoms with van der Waals surface area (Å²) in [5, 5.41) is 10.0. The zero-order valence-electron chi connectivity index (χ0n) is 9.80. The lowest BCUT2D eigenvalue weighted by atomic mass is 10.1. The summed E-state index contributed by atoms with van der Waals surface area (Å²) in [7, 11) is 0. The van der Waals surface area contributed by atoms with Crippen LogP contribution in [0.3, 0.4) is 0 Å². The standard InChI is InChI=1S/C13H12N2O3/c1-3-8-4-5-10(18-8)11-7(2)15-6-9(12(11)16)13(14)17/h3-6H,1H2,2H3,(H2,14,17)(H,15,16). The molecule has 0 bridgehead atoms. The molecule has 0 aliphatic heterocycles. The molecule has 2 aromatic heterocycles. The smallest absolute Gasteiger partial charge is 0.254 e. The molecule has 0 saturated heterocycles. The van der Waals surface area contributed by atoms with Gasteiger partial charge in [-0.25, -0.2) is 0 Å². The first kappa shape index (κ1) is 11.9. The second-order valence-electron chi connectivity index (χ2n) is 3.75. The van der Waals surface area contributed by atoms with E-state index in [1.165, 1.54) is 6.20 Å². The molecule has 0 unspecified atom stereocenters. The lowest BCUT2D eigenvalue weighted by Gasteiger charge is -2.07. The van der Waals surface area contributed by atoms with Gasteiger partial charge >= 0.3 is 0 Å². The number of primary amides is 1. The molecule has 0 aliphatic carbocycles. The van der Waals surface area contributed by atoms with Gasteiger partial charge in [-0.05, 0) is 25.1 Å². The number of carbonyl (C=O) groups is 1. The number of hydrogen-bond acceptors (Lipinski definition) is 4. The van der Waals surface area contributed by atoms with Crippen LogP contribution < -0.4 is 5.73 Å². The highest BCUT2D eigenvalue weighted by atomic mass is 16.3. The fourth-order valence-electron chi connectivity index (χ4n) is 1.67. The van der Waals surface area contributed by atoms with Crippen molar-refractivity contribution >= 4 is 12.0 Å². The second kappa shape index (κ2) is 4.37. The van der Waals surface area contributed by atoms with Crippen molar-refractivity contribution in [2.24, 2.45) is 5.73 Å². The van der Waals surface area contributed by atoms with E-state index in [1.807, 2.05) is 0 Å². The minimum Gasteiger partial charge on any atom is -0.506 e. The largest absolute Gasteiger partial charge is 0.506 e. The molecule has 0 spiro atoms. The Bertz CT molecular complexity index is 629. The number of carbonyl (C=O) groups excluding carboxylic acids is 1. The zero-order valence-corrected chi connectivity index (χ0v) is 9.80. The van der Waals surface area contributed by atoms with Crippen molar-refractivity contribution in [3.05, 3.63) is 41.9 Å². The number of hydrogen-bond donors (Lipinski definition) is 2. The number of pyridine rings is 1. The monoisotopic (exact) mass is 244 g/mol. The molecular weight excluding hydrogens is 232 g/mol. The molecule has 18 heavy (non-hydrogen) atoms. The molecule has 0 atom stereocenters. The number of aromatic nitrogens is 1. The van der Waals surface area contributed by atoms with E-state index in [4.69, 9.17) is 10.2 Å². The van der Waals surface area contributed by atoms with E-state index in [9.17, 15) is 9.90 Å². The van der Waals surface area contributed by atoms with E-state index in [1.54, 1.807) is 25.1 Å². The zero-order chi connectivity index (χ0) is 13.3. The van der Waals surface area contributed by atoms with Crippen LogP contribution >= 0.6 is 0 Å². The highest BCUT2D eigenvalue weighted by molar-refractivity contribution is 5.97. The van der Waals surface area contributed by atoms with Crippen molar-refractivity contribution < 1.29 is 14.3 Å². The Morgan fingerprint density at radius 2 is 2.28 bits per heavy atom. The summed E-state index contributed by atoms with van der Waals surface area (Å²) in [5.74, 6) is 0.0143. The maximum absolute atomic E-state index is 11.2. The van der Waals surface area contributed by atoms with Crippen molar-refractivity contribution in [3.8, 4) is 17.1 Å². The molecule has 5 nitrogen and oxygen atoms in total. The summed E-state index contributed by atoms with van der Waals surface area (Å²) >= 11 is 0. The molecule has 2 heterocycles. The first-order valence-corrected chi connectivity index (χ1v) is 5.25. The Morgan fingerprint density at radius 1 is 1.56 bits per heavy atom. The number of rotatable bonds is 3. The highest BCUT2D eigenvalue weighted by Crippen LogP contribution is 2.35. The van der Waals surface area contributed by atoms with Crippen LogP contribution in [-0.4, -0.2) is 16.0 Å². The number of amides is 1. The van der Waals surface area contributed by atoms with Crippen molar-refractivity contribution in [2.45, 2.75) is 6.92 Å². The summed E-state index contributed by atoms with van der Waals surface area (Å²) in [6, 6.07) is 3.38. The van der Waals surface area contributed by atoms with E-state index in [0.29, 0.717) is 22.8 Å². The molecular formula is C13H12N2O3. The predicted molar refractivity (Wildman–Crippen MR) is 66.9 cm³/mol. The van der Waals surface area contributed by atoms with Gasteiger partial charge < -0.3 is 15.3 Å². The van der Waals surface area contributed by atoms with Gasteiger partial charge in [-0.1, -0.05) is 6.58 Å². The van der Waals surface area contributed by atoms with Crippen LogP contribution in [-0.2, 0) is 0 Å². The maximum Gasteiger partial charge on any atom is 0.254 e. The van der Waals surface area contributed by atoms with E-state index in [0.717, 1.165) is 0 Å². The van der Waals surface area contributed by atoms with Gasteiger partial charge in [0.2, 0.25) is 0 Å². The van der Waals surface area contributed by atoms with Gasteiger partial charge in [0.05, 0.1) is 16.8 Å². The molecule has 0 fully saturated rings. The third kappa shape index (κ3) is 1.86. The first-order valence-electron chi connectivity index (χ1n) is 5.25. The Kier molecular flexibility index (Phi) is 2.89. The lowest BCUT2D eigenvalue weighted by Crippen LogP contribution is -2.12. The summed E-state index contributed by atoms with van der Waals surface area (Å²) in [6.45, 7) is 5.29. The van der Waals surface area contributed by atoms with E-state index in [2.05, 4.69) is 11.6 Å². The minimum absolute atomic E-state index is 0.0350. The van der Waals surface area contributed by atoms with E-state index >= 15 is 0 Å². The normalized spacial score (nSPS) is 10.3. The van der Waals surface area contributed by atoms with Crippen LogP contribution in [0.1, 0.15) is 21.8 Å². The average Bonchev–Trinajstić information content (AvgIpc) is 2.77. The molecule has 2 aromatic rings. The Balaban J connectivity index is 2.65. The van der Waals surface area contributed by atoms with Crippen molar-refractivity contribution in [2.75, 3.05) is 0 Å². The van der Waals surface area contributed by atoms with Crippen molar-refractivity contribution in [1.29, 1.82) is 0 Å². The Hall–Kier alpha value is -2.56. The third-order valence-corrected chi connectivity index (χ3v) is 2.58. The van der Waals surface area contributed by atoms with Crippen LogP contribution in [0.5, 0.6) is 5.75 Å². The van der Waals surface area contributed by atoms with Crippen LogP contribution in [0, 0.1) is 6.92 Å². The number of aryl methyl sites for hydroxylation is 1. The van der Waals surface area contributed by atoms with Gasteiger partial charge in [0.15, 0.2) is 0 Å². The van der Waals surface area contributed by atoms with Gasteiger partial charge in [-0.15, -0.1) is 0 Å². The summed E-state index contributed by atoms with van der Waals surface area (Å²) in [4.78, 5) is 15.2. The van der Waals surface area contributed by atoms with Crippen LogP contribution in [0.25, 0.3) is 17.4 Å². The third-order valence-electron chi connectivity index (χ3n) is 2.58. The molecule has 0 radical (unpaired) electrons. The number of aromatic hydroxyl groups is 1. The fourth-order valence-corrected chi connectivity index (χ4v) is 1.67. The van der Waals surface area contributed by atoms with Crippen LogP contribution in [0.15, 0.2) is 29.3 Å². The highest BCUT2D eigenvalue weighted by Gasteiger charge is 2.18. The van der Waals surface area contributed by atoms with Gasteiger partial charge in [-0.3, -0.25) is 9.78 Å². The molecule has 0 aliphatic rings. The maximum atomic E-state index is 11.2. The van der Waals surface area contributed by atoms with Gasteiger partial charge in [-0.2, -0.15) is 0 Å². The van der Waals surface area contributed by atoms with Gasteiger partial charge in [0.25, 0.3) is 5.91 Å². The first-order chi connectivity index (χ1) is 8.54. The molecule has 1 amide bonds. The summed E-state index contributed by atoms with van der Waals surface area (Å²) < 4.78 is 5.45. The molecule has 0 saturated carbocycles. The minimum atomic E-state index is -0.739. The van der Waals surface area contributed by atoms with Crippen molar-refractivity contribution in [1.82, 2.24) is 4.98 Å². The number of nitrogens with zero attached hydrogens (tertiary/aromatic N) is 1. The Morgan fingerprint density at radius 3 is 2.83 bits per heavy atom. The molecule has 5 heteroatoms. The van der Waals surface area contributed by atoms with Crippen molar-refractivity contribution in [3.63, 3.8) is 0 Å². The molecule has 3 N–H and O–H groups in total. The quantitative estimate of drug-likeness (QED) is 0.865. The van der Waals surface area contributed by atoms with Crippen LogP contribution in [0.4, 0.5) is 0 Å². The van der Waals surface area contributed by atoms with Gasteiger partial charge in [0.1, 0.15) is 17.3 Å². The number of furan rings is 1. The molecule has 2 rings (SSSR count). The SMILES string of the molecule is C=Cc1ccc(-c2c(C)ncc(C(N)=O)c2O)o1. The Labute approximate surface area is 104 Å². The van der Waals surface area contributed by atoms with Crippen LogP contribution in [0.2, 0.25) is 0 Å². The molecule has 92 valence electrons. The average molecular weight is 244 g/mol.